The van der Waals surface area contributed by atoms with Crippen LogP contribution in [0.25, 0.3) is 0 Å². The Morgan fingerprint density at radius 3 is 2.45 bits per heavy atom. The molecule has 0 saturated heterocycles. The van der Waals surface area contributed by atoms with Crippen LogP contribution in [0.2, 0.25) is 0 Å². The van der Waals surface area contributed by atoms with Gasteiger partial charge in [0, 0.05) is 22.5 Å². The lowest BCUT2D eigenvalue weighted by Crippen LogP contribution is -2.06. The predicted molar refractivity (Wildman–Crippen MR) is 74.2 cm³/mol. The number of hydrogen-bond donors (Lipinski definition) is 1. The van der Waals surface area contributed by atoms with Crippen LogP contribution in [0.4, 0.5) is 18.9 Å². The summed E-state index contributed by atoms with van der Waals surface area (Å²) >= 11 is 3.13. The number of nitrogen functional groups attached to an aromatic ring is 1. The molecule has 0 atom stereocenters. The first-order valence-electron chi connectivity index (χ1n) is 5.68. The maximum absolute atomic E-state index is 14.1. The van der Waals surface area contributed by atoms with Gasteiger partial charge in [0.1, 0.15) is 11.6 Å². The number of rotatable bonds is 3. The number of ether oxygens (including phenoxy) is 1. The van der Waals surface area contributed by atoms with Crippen molar-refractivity contribution in [2.24, 2.45) is 0 Å². The van der Waals surface area contributed by atoms with Gasteiger partial charge in [0.25, 0.3) is 0 Å². The third-order valence-electron chi connectivity index (χ3n) is 2.92. The molecule has 0 spiro atoms. The summed E-state index contributed by atoms with van der Waals surface area (Å²) < 4.78 is 46.8. The van der Waals surface area contributed by atoms with Crippen molar-refractivity contribution in [2.75, 3.05) is 12.8 Å². The summed E-state index contributed by atoms with van der Waals surface area (Å²) in [5.41, 5.74) is 5.28. The Morgan fingerprint density at radius 2 is 1.85 bits per heavy atom. The molecule has 2 aromatic rings. The molecule has 2 rings (SSSR count). The predicted octanol–water partition coefficient (Wildman–Crippen LogP) is 4.05. The summed E-state index contributed by atoms with van der Waals surface area (Å²) in [6.07, 6.45) is -0.162. The molecule has 0 amide bonds. The zero-order chi connectivity index (χ0) is 14.9. The normalized spacial score (nSPS) is 10.7. The van der Waals surface area contributed by atoms with Crippen molar-refractivity contribution < 1.29 is 17.9 Å². The van der Waals surface area contributed by atoms with Gasteiger partial charge < -0.3 is 10.5 Å². The minimum Gasteiger partial charge on any atom is -0.494 e. The largest absolute Gasteiger partial charge is 0.494 e. The molecular weight excluding hydrogens is 335 g/mol. The van der Waals surface area contributed by atoms with Crippen LogP contribution < -0.4 is 10.5 Å². The van der Waals surface area contributed by atoms with Crippen LogP contribution in [-0.4, -0.2) is 7.11 Å². The summed E-state index contributed by atoms with van der Waals surface area (Å²) in [5, 5.41) is 0. The first kappa shape index (κ1) is 14.7. The van der Waals surface area contributed by atoms with Gasteiger partial charge in [0.15, 0.2) is 11.6 Å². The van der Waals surface area contributed by atoms with Gasteiger partial charge >= 0.3 is 0 Å². The summed E-state index contributed by atoms with van der Waals surface area (Å²) in [5.74, 6) is -2.37. The Bertz CT molecular complexity index is 661. The van der Waals surface area contributed by atoms with Crippen molar-refractivity contribution >= 4 is 21.6 Å². The SMILES string of the molecule is COc1cc(F)c(N)c(Cc2ccc(Br)cc2F)c1F. The Balaban J connectivity index is 2.50. The second-order valence-electron chi connectivity index (χ2n) is 4.18. The molecule has 0 aliphatic heterocycles. The van der Waals surface area contributed by atoms with Gasteiger partial charge in [-0.15, -0.1) is 0 Å². The molecule has 0 radical (unpaired) electrons. The molecule has 2 N–H and O–H groups in total. The zero-order valence-corrected chi connectivity index (χ0v) is 12.1. The van der Waals surface area contributed by atoms with Crippen LogP contribution in [0.1, 0.15) is 11.1 Å². The molecule has 0 aliphatic rings. The second kappa shape index (κ2) is 5.75. The lowest BCUT2D eigenvalue weighted by Gasteiger charge is -2.12. The molecule has 2 nitrogen and oxygen atoms in total. The highest BCUT2D eigenvalue weighted by Gasteiger charge is 2.18. The van der Waals surface area contributed by atoms with E-state index in [1.165, 1.54) is 19.2 Å². The van der Waals surface area contributed by atoms with Crippen LogP contribution in [0.5, 0.6) is 5.75 Å². The lowest BCUT2D eigenvalue weighted by atomic mass is 10.0. The molecule has 0 bridgehead atoms. The Labute approximate surface area is 122 Å². The zero-order valence-electron chi connectivity index (χ0n) is 10.5. The fraction of sp³-hybridized carbons (Fsp3) is 0.143. The molecule has 0 unspecified atom stereocenters. The molecule has 0 heterocycles. The molecular formula is C14H11BrF3NO. The van der Waals surface area contributed by atoms with Gasteiger partial charge in [0.05, 0.1) is 12.8 Å². The molecule has 0 saturated carbocycles. The number of benzene rings is 2. The highest BCUT2D eigenvalue weighted by atomic mass is 79.9. The Kier molecular flexibility index (Phi) is 4.23. The summed E-state index contributed by atoms with van der Waals surface area (Å²) in [6.45, 7) is 0. The van der Waals surface area contributed by atoms with Crippen LogP contribution in [-0.2, 0) is 6.42 Å². The van der Waals surface area contributed by atoms with E-state index in [0.29, 0.717) is 4.47 Å². The van der Waals surface area contributed by atoms with Crippen molar-refractivity contribution in [3.8, 4) is 5.75 Å². The van der Waals surface area contributed by atoms with Crippen LogP contribution >= 0.6 is 15.9 Å². The fourth-order valence-electron chi connectivity index (χ4n) is 1.84. The van der Waals surface area contributed by atoms with Crippen LogP contribution in [0.15, 0.2) is 28.7 Å². The van der Waals surface area contributed by atoms with Crippen molar-refractivity contribution in [2.45, 2.75) is 6.42 Å². The van der Waals surface area contributed by atoms with Gasteiger partial charge in [-0.05, 0) is 17.7 Å². The van der Waals surface area contributed by atoms with Gasteiger partial charge in [-0.3, -0.25) is 0 Å². The van der Waals surface area contributed by atoms with Crippen LogP contribution in [0.3, 0.4) is 0 Å². The van der Waals surface area contributed by atoms with Gasteiger partial charge in [-0.25, -0.2) is 13.2 Å². The van der Waals surface area contributed by atoms with E-state index in [4.69, 9.17) is 10.5 Å². The average molecular weight is 346 g/mol. The van der Waals surface area contributed by atoms with E-state index >= 15 is 0 Å². The van der Waals surface area contributed by atoms with Crippen molar-refractivity contribution in [3.05, 3.63) is 57.3 Å². The topological polar surface area (TPSA) is 35.2 Å². The highest BCUT2D eigenvalue weighted by molar-refractivity contribution is 9.10. The highest BCUT2D eigenvalue weighted by Crippen LogP contribution is 2.31. The molecule has 6 heteroatoms. The quantitative estimate of drug-likeness (QED) is 0.851. The molecule has 0 aliphatic carbocycles. The number of halogens is 4. The number of hydrogen-bond acceptors (Lipinski definition) is 2. The lowest BCUT2D eigenvalue weighted by molar-refractivity contribution is 0.381. The summed E-state index contributed by atoms with van der Waals surface area (Å²) in [6, 6.07) is 5.21. The van der Waals surface area contributed by atoms with Gasteiger partial charge in [0.2, 0.25) is 0 Å². The third kappa shape index (κ3) is 2.75. The fourth-order valence-corrected chi connectivity index (χ4v) is 2.18. The monoisotopic (exact) mass is 345 g/mol. The van der Waals surface area contributed by atoms with Crippen molar-refractivity contribution in [3.63, 3.8) is 0 Å². The van der Waals surface area contributed by atoms with E-state index in [1.807, 2.05) is 0 Å². The number of methoxy groups -OCH3 is 1. The van der Waals surface area contributed by atoms with E-state index in [1.54, 1.807) is 6.07 Å². The van der Waals surface area contributed by atoms with Crippen molar-refractivity contribution in [1.82, 2.24) is 0 Å². The first-order chi connectivity index (χ1) is 9.43. The Hall–Kier alpha value is -1.69. The van der Waals surface area contributed by atoms with Gasteiger partial charge in [-0.2, -0.15) is 0 Å². The van der Waals surface area contributed by atoms with Gasteiger partial charge in [-0.1, -0.05) is 22.0 Å². The minimum atomic E-state index is -0.796. The van der Waals surface area contributed by atoms with E-state index in [2.05, 4.69) is 15.9 Å². The second-order valence-corrected chi connectivity index (χ2v) is 5.10. The molecule has 2 aromatic carbocycles. The third-order valence-corrected chi connectivity index (χ3v) is 3.42. The maximum Gasteiger partial charge on any atom is 0.170 e. The van der Waals surface area contributed by atoms with Crippen LogP contribution in [0, 0.1) is 17.5 Å². The van der Waals surface area contributed by atoms with E-state index in [9.17, 15) is 13.2 Å². The standard InChI is InChI=1S/C14H11BrF3NO/c1-20-12-6-11(17)14(19)9(13(12)18)4-7-2-3-8(15)5-10(7)16/h2-3,5-6H,4,19H2,1H3. The van der Waals surface area contributed by atoms with E-state index in [-0.39, 0.29) is 29.0 Å². The minimum absolute atomic E-state index is 0.122. The smallest absolute Gasteiger partial charge is 0.170 e. The maximum atomic E-state index is 14.1. The summed E-state index contributed by atoms with van der Waals surface area (Å²) in [4.78, 5) is 0. The molecule has 106 valence electrons. The molecule has 0 fully saturated rings. The number of anilines is 1. The summed E-state index contributed by atoms with van der Waals surface area (Å²) in [7, 11) is 1.22. The molecule has 20 heavy (non-hydrogen) atoms. The van der Waals surface area contributed by atoms with Crippen molar-refractivity contribution in [1.29, 1.82) is 0 Å². The number of nitrogens with two attached hydrogens (primary N) is 1. The average Bonchev–Trinajstić information content (AvgIpc) is 2.41. The molecule has 0 aromatic heterocycles. The first-order valence-corrected chi connectivity index (χ1v) is 6.47. The Morgan fingerprint density at radius 1 is 1.15 bits per heavy atom. The van der Waals surface area contributed by atoms with E-state index < -0.39 is 17.5 Å². The van der Waals surface area contributed by atoms with E-state index in [0.717, 1.165) is 6.07 Å².